The van der Waals surface area contributed by atoms with Crippen molar-refractivity contribution in [2.24, 2.45) is 5.92 Å². The lowest BCUT2D eigenvalue weighted by Gasteiger charge is -2.15. The third-order valence-electron chi connectivity index (χ3n) is 5.78. The average Bonchev–Trinajstić information content (AvgIpc) is 2.84. The Bertz CT molecular complexity index is 1020. The summed E-state index contributed by atoms with van der Waals surface area (Å²) in [7, 11) is 1.69. The summed E-state index contributed by atoms with van der Waals surface area (Å²) in [6.07, 6.45) is 17.3. The largest absolute Gasteiger partial charge is 0.497 e. The summed E-state index contributed by atoms with van der Waals surface area (Å²) in [6.45, 7) is 16.3. The molecule has 182 valence electrons. The van der Waals surface area contributed by atoms with Gasteiger partial charge in [-0.25, -0.2) is 0 Å². The van der Waals surface area contributed by atoms with Crippen LogP contribution in [0.5, 0.6) is 0 Å². The Labute approximate surface area is 206 Å². The highest BCUT2D eigenvalue weighted by Gasteiger charge is 2.10. The van der Waals surface area contributed by atoms with Gasteiger partial charge in [0, 0.05) is 0 Å². The monoisotopic (exact) mass is 460 g/mol. The lowest BCUT2D eigenvalue weighted by Crippen LogP contribution is -2.02. The van der Waals surface area contributed by atoms with E-state index in [-0.39, 0.29) is 0 Å². The van der Waals surface area contributed by atoms with Crippen LogP contribution in [-0.2, 0) is 20.8 Å². The fraction of sp³-hybridized carbons (Fsp3) is 0.355. The minimum absolute atomic E-state index is 0.371. The molecule has 0 aliphatic heterocycles. The highest BCUT2D eigenvalue weighted by Crippen LogP contribution is 2.26. The van der Waals surface area contributed by atoms with Crippen molar-refractivity contribution < 1.29 is 14.2 Å². The molecule has 3 heteroatoms. The van der Waals surface area contributed by atoms with E-state index >= 15 is 0 Å². The zero-order chi connectivity index (χ0) is 24.9. The van der Waals surface area contributed by atoms with Gasteiger partial charge in [0.2, 0.25) is 0 Å². The van der Waals surface area contributed by atoms with Crippen molar-refractivity contribution in [1.82, 2.24) is 0 Å². The van der Waals surface area contributed by atoms with E-state index in [1.807, 2.05) is 31.2 Å². The Morgan fingerprint density at radius 2 is 2.03 bits per heavy atom. The molecule has 1 aromatic rings. The third-order valence-corrected chi connectivity index (χ3v) is 5.78. The van der Waals surface area contributed by atoms with Gasteiger partial charge in [-0.1, -0.05) is 62.9 Å². The van der Waals surface area contributed by atoms with Crippen molar-refractivity contribution in [2.45, 2.75) is 47.6 Å². The molecule has 0 N–H and O–H groups in total. The summed E-state index contributed by atoms with van der Waals surface area (Å²) in [5, 5.41) is 0. The Kier molecular flexibility index (Phi) is 11.4. The SMILES string of the molecule is C=C(CC)c1c(C)cccc1COC(/C=C\C)=C/COC/C(C)=C/C=C1/C=C(OC)C=CC1C. The zero-order valence-corrected chi connectivity index (χ0v) is 21.7. The van der Waals surface area contributed by atoms with Crippen LogP contribution in [0, 0.1) is 12.8 Å². The number of benzene rings is 1. The molecule has 0 amide bonds. The van der Waals surface area contributed by atoms with E-state index in [0.717, 1.165) is 34.6 Å². The molecule has 0 fully saturated rings. The zero-order valence-electron chi connectivity index (χ0n) is 21.7. The molecule has 0 radical (unpaired) electrons. The van der Waals surface area contributed by atoms with Gasteiger partial charge in [0.05, 0.1) is 20.3 Å². The minimum atomic E-state index is 0.371. The van der Waals surface area contributed by atoms with Crippen LogP contribution in [0.1, 0.15) is 50.8 Å². The quantitative estimate of drug-likeness (QED) is 0.179. The molecule has 1 unspecified atom stereocenters. The second-order valence-corrected chi connectivity index (χ2v) is 8.55. The molecule has 0 bridgehead atoms. The number of allylic oxidation sites excluding steroid dienone is 9. The van der Waals surface area contributed by atoms with E-state index in [4.69, 9.17) is 14.2 Å². The van der Waals surface area contributed by atoms with E-state index in [1.54, 1.807) is 7.11 Å². The molecule has 0 saturated carbocycles. The molecule has 0 aromatic heterocycles. The molecule has 1 aliphatic carbocycles. The molecule has 34 heavy (non-hydrogen) atoms. The molecule has 3 nitrogen and oxygen atoms in total. The normalized spacial score (nSPS) is 17.9. The average molecular weight is 461 g/mol. The fourth-order valence-corrected chi connectivity index (χ4v) is 3.70. The van der Waals surface area contributed by atoms with E-state index in [9.17, 15) is 0 Å². The maximum Gasteiger partial charge on any atom is 0.118 e. The smallest absolute Gasteiger partial charge is 0.118 e. The maximum atomic E-state index is 6.13. The highest BCUT2D eigenvalue weighted by molar-refractivity contribution is 5.68. The number of hydrogen-bond donors (Lipinski definition) is 0. The molecule has 1 atom stereocenters. The Hall–Kier alpha value is -3.04. The van der Waals surface area contributed by atoms with Crippen molar-refractivity contribution >= 4 is 5.57 Å². The van der Waals surface area contributed by atoms with Gasteiger partial charge in [-0.2, -0.15) is 0 Å². The van der Waals surface area contributed by atoms with Gasteiger partial charge >= 0.3 is 0 Å². The van der Waals surface area contributed by atoms with Crippen LogP contribution < -0.4 is 0 Å². The highest BCUT2D eigenvalue weighted by atomic mass is 16.5. The lowest BCUT2D eigenvalue weighted by molar-refractivity contribution is 0.173. The molecule has 0 saturated heterocycles. The maximum absolute atomic E-state index is 6.13. The number of rotatable bonds is 12. The van der Waals surface area contributed by atoms with Gasteiger partial charge < -0.3 is 14.2 Å². The predicted octanol–water partition coefficient (Wildman–Crippen LogP) is 8.02. The number of ether oxygens (including phenoxy) is 3. The van der Waals surface area contributed by atoms with Gasteiger partial charge in [-0.3, -0.25) is 0 Å². The molecular formula is C31H40O3. The van der Waals surface area contributed by atoms with Gasteiger partial charge in [0.1, 0.15) is 18.1 Å². The molecular weight excluding hydrogens is 420 g/mol. The molecule has 1 aliphatic rings. The van der Waals surface area contributed by atoms with Crippen molar-refractivity contribution in [3.63, 3.8) is 0 Å². The summed E-state index contributed by atoms with van der Waals surface area (Å²) in [5.41, 5.74) is 7.13. The standard InChI is InChI=1S/C31H40O3/c1-8-11-29(34-22-28-13-10-12-26(6)31(28)24(4)9-2)18-19-33-21-23(3)14-16-27-20-30(32-7)17-15-25(27)5/h8,10-18,20,25H,4,9,19,21-22H2,1-3,5-7H3/b11-8-,23-14+,27-16-,29-18+. The first-order chi connectivity index (χ1) is 16.4. The van der Waals surface area contributed by atoms with Crippen LogP contribution in [0.2, 0.25) is 0 Å². The second kappa shape index (κ2) is 14.3. The fourth-order valence-electron chi connectivity index (χ4n) is 3.70. The van der Waals surface area contributed by atoms with Crippen molar-refractivity contribution in [3.05, 3.63) is 113 Å². The van der Waals surface area contributed by atoms with Gasteiger partial charge in [-0.05, 0) is 90.8 Å². The first kappa shape index (κ1) is 27.2. The predicted molar refractivity (Wildman–Crippen MR) is 144 cm³/mol. The van der Waals surface area contributed by atoms with E-state index < -0.39 is 0 Å². The first-order valence-corrected chi connectivity index (χ1v) is 12.0. The van der Waals surface area contributed by atoms with Crippen LogP contribution >= 0.6 is 0 Å². The van der Waals surface area contributed by atoms with Crippen LogP contribution in [-0.4, -0.2) is 20.3 Å². The van der Waals surface area contributed by atoms with Crippen molar-refractivity contribution in [3.8, 4) is 0 Å². The minimum Gasteiger partial charge on any atom is -0.497 e. The third kappa shape index (κ3) is 8.39. The van der Waals surface area contributed by atoms with Crippen molar-refractivity contribution in [2.75, 3.05) is 20.3 Å². The van der Waals surface area contributed by atoms with Crippen LogP contribution in [0.15, 0.2) is 96.1 Å². The molecule has 0 spiro atoms. The Morgan fingerprint density at radius 3 is 2.74 bits per heavy atom. The lowest BCUT2D eigenvalue weighted by atomic mass is 9.95. The molecule has 2 rings (SSSR count). The summed E-state index contributed by atoms with van der Waals surface area (Å²) in [6, 6.07) is 6.31. The van der Waals surface area contributed by atoms with E-state index in [0.29, 0.717) is 25.7 Å². The van der Waals surface area contributed by atoms with Crippen LogP contribution in [0.4, 0.5) is 0 Å². The van der Waals surface area contributed by atoms with Crippen molar-refractivity contribution in [1.29, 1.82) is 0 Å². The summed E-state index contributed by atoms with van der Waals surface area (Å²) < 4.78 is 17.3. The van der Waals surface area contributed by atoms with E-state index in [1.165, 1.54) is 16.7 Å². The number of methoxy groups -OCH3 is 1. The summed E-state index contributed by atoms with van der Waals surface area (Å²) >= 11 is 0. The number of aryl methyl sites for hydroxylation is 1. The second-order valence-electron chi connectivity index (χ2n) is 8.55. The number of hydrogen-bond acceptors (Lipinski definition) is 3. The van der Waals surface area contributed by atoms with Crippen LogP contribution in [0.25, 0.3) is 5.57 Å². The van der Waals surface area contributed by atoms with Gasteiger partial charge in [-0.15, -0.1) is 0 Å². The topological polar surface area (TPSA) is 27.7 Å². The Balaban J connectivity index is 1.94. The van der Waals surface area contributed by atoms with Gasteiger partial charge in [0.25, 0.3) is 0 Å². The first-order valence-electron chi connectivity index (χ1n) is 12.0. The summed E-state index contributed by atoms with van der Waals surface area (Å²) in [5.74, 6) is 2.06. The Morgan fingerprint density at radius 1 is 1.24 bits per heavy atom. The molecule has 0 heterocycles. The van der Waals surface area contributed by atoms with Crippen LogP contribution in [0.3, 0.4) is 0 Å². The summed E-state index contributed by atoms with van der Waals surface area (Å²) in [4.78, 5) is 0. The molecule has 1 aromatic carbocycles. The van der Waals surface area contributed by atoms with Gasteiger partial charge in [0.15, 0.2) is 0 Å². The van der Waals surface area contributed by atoms with E-state index in [2.05, 4.69) is 76.8 Å².